The van der Waals surface area contributed by atoms with Gasteiger partial charge in [-0.25, -0.2) is 4.68 Å². The van der Waals surface area contributed by atoms with Crippen LogP contribution >= 0.6 is 22.7 Å². The van der Waals surface area contributed by atoms with E-state index in [2.05, 4.69) is 51.6 Å². The number of aryl methyl sites for hydroxylation is 1. The van der Waals surface area contributed by atoms with E-state index in [1.54, 1.807) is 6.20 Å². The number of carbonyl (C=O) groups is 2. The van der Waals surface area contributed by atoms with E-state index in [0.717, 1.165) is 30.7 Å². The molecule has 2 amide bonds. The second kappa shape index (κ2) is 14.2. The maximum Gasteiger partial charge on any atom is 0.416 e. The Hall–Kier alpha value is -4.97. The molecule has 5 aromatic rings. The van der Waals surface area contributed by atoms with Gasteiger partial charge in [-0.05, 0) is 29.7 Å². The summed E-state index contributed by atoms with van der Waals surface area (Å²) in [6.07, 6.45) is -1.17. The normalized spacial score (nSPS) is 14.7. The van der Waals surface area contributed by atoms with Gasteiger partial charge in [0.15, 0.2) is 0 Å². The molecule has 0 unspecified atom stereocenters. The summed E-state index contributed by atoms with van der Waals surface area (Å²) in [6.45, 7) is 1.65. The van der Waals surface area contributed by atoms with Gasteiger partial charge in [0, 0.05) is 38.2 Å². The fraction of sp³-hybridized carbons (Fsp3) is 0.310. The molecular formula is C29H28F3N11O2S2. The van der Waals surface area contributed by atoms with Crippen LogP contribution in [0.2, 0.25) is 0 Å². The number of aromatic nitrogens is 7. The fourth-order valence-corrected chi connectivity index (χ4v) is 6.37. The number of anilines is 4. The van der Waals surface area contributed by atoms with Crippen LogP contribution in [0.15, 0.2) is 60.8 Å². The Kier molecular flexibility index (Phi) is 9.67. The van der Waals surface area contributed by atoms with Crippen LogP contribution in [0.3, 0.4) is 0 Å². The summed E-state index contributed by atoms with van der Waals surface area (Å²) in [5.41, 5.74) is 1.43. The topological polar surface area (TPSA) is 156 Å². The number of benzene rings is 2. The first-order valence-electron chi connectivity index (χ1n) is 14.5. The van der Waals surface area contributed by atoms with Crippen LogP contribution in [0.5, 0.6) is 0 Å². The molecule has 1 aliphatic heterocycles. The van der Waals surface area contributed by atoms with Gasteiger partial charge < -0.3 is 20.9 Å². The zero-order chi connectivity index (χ0) is 32.8. The standard InChI is InChI=1S/C29H28F3N11O2S2/c30-29(31,32)20-8-6-19(7-9-20)15-43-17-22(36-41-43)10-11-23(44)34-27-39-40-28(47-27)42-13-12-21(16-42)33-25-37-38-26(46-25)35-24(45)14-18-4-2-1-3-5-18/h1-9,17,21H,10-16H2,(H,33,37)(H,34,39,44)(H,35,38,45)/t21-/m1/s1. The van der Waals surface area contributed by atoms with Crippen molar-refractivity contribution in [2.24, 2.45) is 0 Å². The molecule has 1 atom stereocenters. The minimum atomic E-state index is -4.39. The third-order valence-corrected chi connectivity index (χ3v) is 8.82. The average molecular weight is 684 g/mol. The van der Waals surface area contributed by atoms with Crippen LogP contribution in [-0.4, -0.2) is 66.3 Å². The Morgan fingerprint density at radius 2 is 1.57 bits per heavy atom. The Bertz CT molecular complexity index is 1810. The minimum absolute atomic E-state index is 0.0884. The van der Waals surface area contributed by atoms with Gasteiger partial charge in [0.1, 0.15) is 0 Å². The van der Waals surface area contributed by atoms with E-state index in [-0.39, 0.29) is 37.2 Å². The first-order chi connectivity index (χ1) is 22.7. The molecule has 0 radical (unpaired) electrons. The van der Waals surface area contributed by atoms with Gasteiger partial charge in [-0.15, -0.1) is 25.5 Å². The molecule has 0 bridgehead atoms. The number of amides is 2. The summed E-state index contributed by atoms with van der Waals surface area (Å²) < 4.78 is 39.8. The summed E-state index contributed by atoms with van der Waals surface area (Å²) in [5, 5.41) is 35.7. The highest BCUT2D eigenvalue weighted by atomic mass is 32.1. The molecular weight excluding hydrogens is 656 g/mol. The Labute approximate surface area is 274 Å². The van der Waals surface area contributed by atoms with Crippen molar-refractivity contribution in [3.05, 3.63) is 83.2 Å². The number of hydrogen-bond acceptors (Lipinski definition) is 12. The zero-order valence-electron chi connectivity index (χ0n) is 24.6. The summed E-state index contributed by atoms with van der Waals surface area (Å²) in [4.78, 5) is 27.0. The van der Waals surface area contributed by atoms with Gasteiger partial charge >= 0.3 is 6.18 Å². The predicted octanol–water partition coefficient (Wildman–Crippen LogP) is 4.49. The molecule has 18 heteroatoms. The van der Waals surface area contributed by atoms with Crippen molar-refractivity contribution in [2.75, 3.05) is 33.9 Å². The number of carbonyl (C=O) groups excluding carboxylic acids is 2. The van der Waals surface area contributed by atoms with E-state index in [9.17, 15) is 22.8 Å². The Morgan fingerprint density at radius 3 is 2.36 bits per heavy atom. The number of nitrogens with one attached hydrogen (secondary N) is 3. The lowest BCUT2D eigenvalue weighted by Gasteiger charge is -2.14. The first kappa shape index (κ1) is 32.0. The lowest BCUT2D eigenvalue weighted by atomic mass is 10.1. The molecule has 1 aliphatic rings. The van der Waals surface area contributed by atoms with Crippen LogP contribution in [0.1, 0.15) is 35.2 Å². The lowest BCUT2D eigenvalue weighted by molar-refractivity contribution is -0.137. The molecule has 3 aromatic heterocycles. The molecule has 13 nitrogen and oxygen atoms in total. The van der Waals surface area contributed by atoms with Crippen molar-refractivity contribution < 1.29 is 22.8 Å². The molecule has 2 aromatic carbocycles. The number of hydrogen-bond donors (Lipinski definition) is 3. The Morgan fingerprint density at radius 1 is 0.851 bits per heavy atom. The molecule has 47 heavy (non-hydrogen) atoms. The second-order valence-electron chi connectivity index (χ2n) is 10.7. The largest absolute Gasteiger partial charge is 0.416 e. The molecule has 1 fully saturated rings. The number of halogens is 3. The lowest BCUT2D eigenvalue weighted by Crippen LogP contribution is -2.25. The highest BCUT2D eigenvalue weighted by molar-refractivity contribution is 7.19. The van der Waals surface area contributed by atoms with Crippen molar-refractivity contribution in [2.45, 2.75) is 44.4 Å². The first-order valence-corrected chi connectivity index (χ1v) is 16.2. The van der Waals surface area contributed by atoms with Crippen molar-refractivity contribution in [1.82, 2.24) is 35.4 Å². The van der Waals surface area contributed by atoms with Crippen molar-refractivity contribution >= 4 is 55.0 Å². The average Bonchev–Trinajstić information content (AvgIpc) is 3.86. The van der Waals surface area contributed by atoms with Gasteiger partial charge in [0.25, 0.3) is 0 Å². The molecule has 0 aliphatic carbocycles. The minimum Gasteiger partial charge on any atom is -0.355 e. The molecule has 0 spiro atoms. The summed E-state index contributed by atoms with van der Waals surface area (Å²) in [7, 11) is 0. The van der Waals surface area contributed by atoms with Gasteiger partial charge in [0.05, 0.1) is 24.2 Å². The van der Waals surface area contributed by atoms with E-state index < -0.39 is 11.7 Å². The van der Waals surface area contributed by atoms with Gasteiger partial charge in [-0.3, -0.25) is 9.59 Å². The quantitative estimate of drug-likeness (QED) is 0.171. The summed E-state index contributed by atoms with van der Waals surface area (Å²) in [5.74, 6) is -0.415. The smallest absolute Gasteiger partial charge is 0.355 e. The maximum atomic E-state index is 12.8. The SMILES string of the molecule is O=C(Cc1ccccc1)Nc1nnc(N[C@@H]2CCN(c3nnc(NC(=O)CCc4cn(Cc5ccc(C(F)(F)F)cc5)nn4)s3)C2)s1. The van der Waals surface area contributed by atoms with Gasteiger partial charge in [-0.1, -0.05) is 70.4 Å². The van der Waals surface area contributed by atoms with Crippen LogP contribution < -0.4 is 20.9 Å². The van der Waals surface area contributed by atoms with Crippen molar-refractivity contribution in [3.63, 3.8) is 0 Å². The van der Waals surface area contributed by atoms with Crippen LogP contribution in [0, 0.1) is 0 Å². The third kappa shape index (κ3) is 8.85. The number of rotatable bonds is 12. The molecule has 4 heterocycles. The van der Waals surface area contributed by atoms with Crippen LogP contribution in [-0.2, 0) is 35.2 Å². The van der Waals surface area contributed by atoms with Crippen molar-refractivity contribution in [1.29, 1.82) is 0 Å². The maximum absolute atomic E-state index is 12.8. The van der Waals surface area contributed by atoms with Crippen LogP contribution in [0.25, 0.3) is 0 Å². The molecule has 3 N–H and O–H groups in total. The highest BCUT2D eigenvalue weighted by Crippen LogP contribution is 2.30. The zero-order valence-corrected chi connectivity index (χ0v) is 26.3. The monoisotopic (exact) mass is 683 g/mol. The van der Waals surface area contributed by atoms with E-state index >= 15 is 0 Å². The number of alkyl halides is 3. The highest BCUT2D eigenvalue weighted by Gasteiger charge is 2.30. The molecule has 0 saturated carbocycles. The van der Waals surface area contributed by atoms with Gasteiger partial charge in [0.2, 0.25) is 32.3 Å². The number of nitrogens with zero attached hydrogens (tertiary/aromatic N) is 8. The van der Waals surface area contributed by atoms with Crippen LogP contribution in [0.4, 0.5) is 33.7 Å². The Balaban J connectivity index is 0.919. The predicted molar refractivity (Wildman–Crippen MR) is 170 cm³/mol. The second-order valence-corrected chi connectivity index (χ2v) is 12.7. The third-order valence-electron chi connectivity index (χ3n) is 7.15. The van der Waals surface area contributed by atoms with E-state index in [0.29, 0.717) is 44.7 Å². The van der Waals surface area contributed by atoms with Gasteiger partial charge in [-0.2, -0.15) is 13.2 Å². The molecule has 244 valence electrons. The molecule has 6 rings (SSSR count). The van der Waals surface area contributed by atoms with E-state index in [4.69, 9.17) is 0 Å². The van der Waals surface area contributed by atoms with E-state index in [1.165, 1.54) is 39.5 Å². The summed E-state index contributed by atoms with van der Waals surface area (Å²) in [6, 6.07) is 14.4. The van der Waals surface area contributed by atoms with Crippen molar-refractivity contribution in [3.8, 4) is 0 Å². The fourth-order valence-electron chi connectivity index (χ4n) is 4.84. The summed E-state index contributed by atoms with van der Waals surface area (Å²) >= 11 is 2.55. The molecule has 1 saturated heterocycles. The van der Waals surface area contributed by atoms with E-state index in [1.807, 2.05) is 30.3 Å².